The van der Waals surface area contributed by atoms with E-state index in [9.17, 15) is 22.8 Å². The molecule has 8 nitrogen and oxygen atoms in total. The molecule has 0 saturated carbocycles. The number of carbonyl (C=O) groups is 2. The lowest BCUT2D eigenvalue weighted by Gasteiger charge is -2.33. The molecule has 32 heavy (non-hydrogen) atoms. The number of benzene rings is 1. The molecule has 0 bridgehead atoms. The summed E-state index contributed by atoms with van der Waals surface area (Å²) in [7, 11) is 1.51. The van der Waals surface area contributed by atoms with E-state index in [0.29, 0.717) is 18.6 Å². The van der Waals surface area contributed by atoms with E-state index in [4.69, 9.17) is 20.3 Å². The maximum atomic E-state index is 13.7. The number of furan rings is 1. The van der Waals surface area contributed by atoms with Gasteiger partial charge in [-0.3, -0.25) is 20.3 Å². The van der Waals surface area contributed by atoms with Crippen LogP contribution in [0.1, 0.15) is 56.6 Å². The number of guanidine groups is 1. The van der Waals surface area contributed by atoms with Gasteiger partial charge in [-0.15, -0.1) is 0 Å². The zero-order valence-corrected chi connectivity index (χ0v) is 17.3. The third kappa shape index (κ3) is 5.28. The van der Waals surface area contributed by atoms with Crippen molar-refractivity contribution in [1.82, 2.24) is 10.2 Å². The molecule has 1 fully saturated rings. The highest BCUT2D eigenvalue weighted by molar-refractivity contribution is 6.04. The predicted molar refractivity (Wildman–Crippen MR) is 108 cm³/mol. The third-order valence-corrected chi connectivity index (χ3v) is 5.25. The summed E-state index contributed by atoms with van der Waals surface area (Å²) in [5, 5.41) is 9.04. The topological polar surface area (TPSA) is 122 Å². The minimum Gasteiger partial charge on any atom is -0.453 e. The number of methoxy groups -OCH3 is 1. The molecule has 172 valence electrons. The summed E-state index contributed by atoms with van der Waals surface area (Å²) in [6.07, 6.45) is -4.00. The van der Waals surface area contributed by atoms with Crippen LogP contribution in [-0.4, -0.2) is 42.9 Å². The Labute approximate surface area is 182 Å². The average molecular weight is 452 g/mol. The van der Waals surface area contributed by atoms with Crippen molar-refractivity contribution in [3.63, 3.8) is 0 Å². The number of hydrogen-bond donors (Lipinski definition) is 3. The SMILES string of the molecule is COCc1ccc(C(=O)N2CCC(c3ccc(C(=O)NC(=N)N)cc3C(F)(F)F)CC2)o1. The second-order valence-corrected chi connectivity index (χ2v) is 7.43. The van der Waals surface area contributed by atoms with Gasteiger partial charge >= 0.3 is 6.18 Å². The smallest absolute Gasteiger partial charge is 0.416 e. The van der Waals surface area contributed by atoms with Crippen LogP contribution in [0.2, 0.25) is 0 Å². The fraction of sp³-hybridized carbons (Fsp3) is 0.381. The Hall–Kier alpha value is -3.34. The first-order chi connectivity index (χ1) is 15.1. The molecule has 3 rings (SSSR count). The van der Waals surface area contributed by atoms with Gasteiger partial charge in [0.25, 0.3) is 11.8 Å². The Kier molecular flexibility index (Phi) is 6.87. The summed E-state index contributed by atoms with van der Waals surface area (Å²) < 4.78 is 51.6. The van der Waals surface area contributed by atoms with Crippen molar-refractivity contribution in [3.8, 4) is 0 Å². The van der Waals surface area contributed by atoms with E-state index in [2.05, 4.69) is 0 Å². The van der Waals surface area contributed by atoms with Crippen LogP contribution in [-0.2, 0) is 17.5 Å². The minimum absolute atomic E-state index is 0.0735. The molecule has 4 N–H and O–H groups in total. The van der Waals surface area contributed by atoms with E-state index < -0.39 is 29.5 Å². The van der Waals surface area contributed by atoms with Gasteiger partial charge in [0.2, 0.25) is 0 Å². The number of nitrogens with zero attached hydrogens (tertiary/aromatic N) is 1. The van der Waals surface area contributed by atoms with Gasteiger partial charge < -0.3 is 19.8 Å². The minimum atomic E-state index is -4.67. The van der Waals surface area contributed by atoms with Crippen molar-refractivity contribution >= 4 is 17.8 Å². The highest BCUT2D eigenvalue weighted by atomic mass is 19.4. The van der Waals surface area contributed by atoms with Crippen molar-refractivity contribution in [2.24, 2.45) is 5.73 Å². The van der Waals surface area contributed by atoms with Crippen LogP contribution in [0, 0.1) is 5.41 Å². The number of nitrogens with two attached hydrogens (primary N) is 1. The maximum absolute atomic E-state index is 13.7. The molecule has 0 spiro atoms. The van der Waals surface area contributed by atoms with Gasteiger partial charge in [-0.25, -0.2) is 0 Å². The van der Waals surface area contributed by atoms with Gasteiger partial charge in [0, 0.05) is 25.8 Å². The molecule has 1 aliphatic rings. The quantitative estimate of drug-likeness (QED) is 0.476. The van der Waals surface area contributed by atoms with Gasteiger partial charge in [0.1, 0.15) is 12.4 Å². The number of ether oxygens (including phenoxy) is 1. The van der Waals surface area contributed by atoms with Crippen LogP contribution in [0.5, 0.6) is 0 Å². The molecule has 2 amide bonds. The number of carbonyl (C=O) groups excluding carboxylic acids is 2. The molecule has 2 aromatic rings. The number of amides is 2. The number of hydrogen-bond acceptors (Lipinski definition) is 5. The molecule has 1 aliphatic heterocycles. The number of likely N-dealkylation sites (tertiary alicyclic amines) is 1. The molecular weight excluding hydrogens is 429 g/mol. The molecule has 1 aromatic carbocycles. The van der Waals surface area contributed by atoms with Gasteiger partial charge in [-0.2, -0.15) is 13.2 Å². The number of nitrogens with one attached hydrogen (secondary N) is 2. The van der Waals surface area contributed by atoms with Gasteiger partial charge in [0.05, 0.1) is 5.56 Å². The highest BCUT2D eigenvalue weighted by Gasteiger charge is 2.37. The summed E-state index contributed by atoms with van der Waals surface area (Å²) in [6.45, 7) is 0.775. The molecule has 1 saturated heterocycles. The van der Waals surface area contributed by atoms with E-state index in [1.54, 1.807) is 17.0 Å². The van der Waals surface area contributed by atoms with Crippen molar-refractivity contribution in [1.29, 1.82) is 5.41 Å². The summed E-state index contributed by atoms with van der Waals surface area (Å²) >= 11 is 0. The largest absolute Gasteiger partial charge is 0.453 e. The first-order valence-electron chi connectivity index (χ1n) is 9.83. The van der Waals surface area contributed by atoms with Crippen LogP contribution < -0.4 is 11.1 Å². The summed E-state index contributed by atoms with van der Waals surface area (Å²) in [6, 6.07) is 6.52. The number of rotatable bonds is 5. The Morgan fingerprint density at radius 2 is 1.94 bits per heavy atom. The van der Waals surface area contributed by atoms with Gasteiger partial charge in [-0.1, -0.05) is 6.07 Å². The van der Waals surface area contributed by atoms with E-state index in [1.165, 1.54) is 19.2 Å². The van der Waals surface area contributed by atoms with Crippen molar-refractivity contribution in [2.45, 2.75) is 31.5 Å². The van der Waals surface area contributed by atoms with E-state index in [-0.39, 0.29) is 42.5 Å². The lowest BCUT2D eigenvalue weighted by atomic mass is 9.85. The normalized spacial score (nSPS) is 14.9. The first kappa shape index (κ1) is 23.3. The number of halogens is 3. The Bertz CT molecular complexity index is 1010. The second kappa shape index (κ2) is 9.43. The summed E-state index contributed by atoms with van der Waals surface area (Å²) in [5.41, 5.74) is 4.00. The molecule has 0 unspecified atom stereocenters. The summed E-state index contributed by atoms with van der Waals surface area (Å²) in [4.78, 5) is 26.1. The molecular formula is C21H23F3N4O4. The van der Waals surface area contributed by atoms with Crippen LogP contribution in [0.25, 0.3) is 0 Å². The second-order valence-electron chi connectivity index (χ2n) is 7.43. The van der Waals surface area contributed by atoms with Crippen LogP contribution in [0.15, 0.2) is 34.7 Å². The molecule has 1 aromatic heterocycles. The Balaban J connectivity index is 1.74. The van der Waals surface area contributed by atoms with Crippen LogP contribution >= 0.6 is 0 Å². The van der Waals surface area contributed by atoms with Gasteiger partial charge in [0.15, 0.2) is 11.7 Å². The van der Waals surface area contributed by atoms with Gasteiger partial charge in [-0.05, 0) is 48.6 Å². The Morgan fingerprint density at radius 1 is 1.25 bits per heavy atom. The average Bonchev–Trinajstić information content (AvgIpc) is 3.21. The molecule has 11 heteroatoms. The molecule has 0 aliphatic carbocycles. The maximum Gasteiger partial charge on any atom is 0.416 e. The number of piperidine rings is 1. The van der Waals surface area contributed by atoms with E-state index >= 15 is 0 Å². The fourth-order valence-corrected chi connectivity index (χ4v) is 3.76. The number of alkyl halides is 3. The lowest BCUT2D eigenvalue weighted by Crippen LogP contribution is -2.38. The lowest BCUT2D eigenvalue weighted by molar-refractivity contribution is -0.138. The van der Waals surface area contributed by atoms with Crippen LogP contribution in [0.4, 0.5) is 13.2 Å². The van der Waals surface area contributed by atoms with Crippen LogP contribution in [0.3, 0.4) is 0 Å². The summed E-state index contributed by atoms with van der Waals surface area (Å²) in [5.74, 6) is -1.63. The van der Waals surface area contributed by atoms with Crippen molar-refractivity contribution in [2.75, 3.05) is 20.2 Å². The Morgan fingerprint density at radius 3 is 2.53 bits per heavy atom. The molecule has 2 heterocycles. The molecule has 0 radical (unpaired) electrons. The monoisotopic (exact) mass is 452 g/mol. The molecule has 0 atom stereocenters. The predicted octanol–water partition coefficient (Wildman–Crippen LogP) is 3.09. The van der Waals surface area contributed by atoms with E-state index in [0.717, 1.165) is 6.07 Å². The van der Waals surface area contributed by atoms with Crippen molar-refractivity contribution < 1.29 is 31.9 Å². The standard InChI is InChI=1S/C21H23F3N4O4/c1-31-11-14-3-5-17(32-14)19(30)28-8-6-12(7-9-28)15-4-2-13(18(29)27-20(25)26)10-16(15)21(22,23)24/h2-5,10,12H,6-9,11H2,1H3,(H4,25,26,27,29). The van der Waals surface area contributed by atoms with E-state index in [1.807, 2.05) is 5.32 Å². The first-order valence-corrected chi connectivity index (χ1v) is 9.83. The van der Waals surface area contributed by atoms with Crippen molar-refractivity contribution in [3.05, 3.63) is 58.5 Å². The zero-order valence-electron chi connectivity index (χ0n) is 17.3. The highest BCUT2D eigenvalue weighted by Crippen LogP contribution is 2.39. The fourth-order valence-electron chi connectivity index (χ4n) is 3.76. The zero-order chi connectivity index (χ0) is 23.5. The third-order valence-electron chi connectivity index (χ3n) is 5.25.